The van der Waals surface area contributed by atoms with Crippen LogP contribution < -0.4 is 0 Å². The van der Waals surface area contributed by atoms with E-state index in [-0.39, 0.29) is 12.5 Å². The SMILES string of the molecule is COCC(=O)N1CCC2CCCC21. The van der Waals surface area contributed by atoms with E-state index in [9.17, 15) is 4.79 Å². The first-order valence-electron chi connectivity index (χ1n) is 5.11. The number of methoxy groups -OCH3 is 1. The molecule has 1 saturated heterocycles. The summed E-state index contributed by atoms with van der Waals surface area (Å²) >= 11 is 0. The predicted molar refractivity (Wildman–Crippen MR) is 49.3 cm³/mol. The summed E-state index contributed by atoms with van der Waals surface area (Å²) in [5, 5.41) is 0. The van der Waals surface area contributed by atoms with Crippen LogP contribution >= 0.6 is 0 Å². The summed E-state index contributed by atoms with van der Waals surface area (Å²) in [6.45, 7) is 1.21. The van der Waals surface area contributed by atoms with E-state index in [0.29, 0.717) is 6.04 Å². The molecule has 3 heteroatoms. The normalized spacial score (nSPS) is 32.2. The van der Waals surface area contributed by atoms with E-state index in [0.717, 1.165) is 12.5 Å². The number of fused-ring (bicyclic) bond motifs is 1. The average Bonchev–Trinajstić information content (AvgIpc) is 2.62. The minimum Gasteiger partial charge on any atom is -0.375 e. The van der Waals surface area contributed by atoms with Crippen molar-refractivity contribution in [2.24, 2.45) is 5.92 Å². The Labute approximate surface area is 79.0 Å². The van der Waals surface area contributed by atoms with Gasteiger partial charge in [-0.3, -0.25) is 4.79 Å². The zero-order chi connectivity index (χ0) is 9.26. The summed E-state index contributed by atoms with van der Waals surface area (Å²) in [5.74, 6) is 0.970. The molecule has 0 N–H and O–H groups in total. The molecule has 1 saturated carbocycles. The largest absolute Gasteiger partial charge is 0.375 e. The van der Waals surface area contributed by atoms with Crippen molar-refractivity contribution in [3.8, 4) is 0 Å². The molecule has 13 heavy (non-hydrogen) atoms. The van der Waals surface area contributed by atoms with Gasteiger partial charge in [0.1, 0.15) is 6.61 Å². The fourth-order valence-corrected chi connectivity index (χ4v) is 2.75. The number of nitrogens with zero attached hydrogens (tertiary/aromatic N) is 1. The smallest absolute Gasteiger partial charge is 0.248 e. The van der Waals surface area contributed by atoms with Crippen LogP contribution in [-0.4, -0.2) is 37.1 Å². The van der Waals surface area contributed by atoms with Crippen molar-refractivity contribution in [2.75, 3.05) is 20.3 Å². The summed E-state index contributed by atoms with van der Waals surface area (Å²) in [5.41, 5.74) is 0. The maximum Gasteiger partial charge on any atom is 0.248 e. The Bertz CT molecular complexity index is 205. The maximum atomic E-state index is 11.6. The third kappa shape index (κ3) is 1.57. The fraction of sp³-hybridized carbons (Fsp3) is 0.900. The van der Waals surface area contributed by atoms with Crippen LogP contribution in [-0.2, 0) is 9.53 Å². The highest BCUT2D eigenvalue weighted by atomic mass is 16.5. The number of rotatable bonds is 2. The third-order valence-corrected chi connectivity index (χ3v) is 3.35. The summed E-state index contributed by atoms with van der Waals surface area (Å²) in [7, 11) is 1.58. The van der Waals surface area contributed by atoms with Crippen molar-refractivity contribution < 1.29 is 9.53 Å². The zero-order valence-corrected chi connectivity index (χ0v) is 8.16. The first kappa shape index (κ1) is 9.00. The van der Waals surface area contributed by atoms with Gasteiger partial charge in [0.15, 0.2) is 0 Å². The molecule has 1 aliphatic heterocycles. The van der Waals surface area contributed by atoms with E-state index in [1.807, 2.05) is 4.90 Å². The summed E-state index contributed by atoms with van der Waals surface area (Å²) < 4.78 is 4.87. The van der Waals surface area contributed by atoms with Crippen molar-refractivity contribution in [2.45, 2.75) is 31.7 Å². The predicted octanol–water partition coefficient (Wildman–Crippen LogP) is 1.03. The van der Waals surface area contributed by atoms with Crippen LogP contribution in [0.1, 0.15) is 25.7 Å². The highest BCUT2D eigenvalue weighted by Crippen LogP contribution is 2.37. The molecule has 0 aromatic rings. The lowest BCUT2D eigenvalue weighted by Gasteiger charge is -2.23. The molecular weight excluding hydrogens is 166 g/mol. The molecule has 1 amide bonds. The number of hydrogen-bond acceptors (Lipinski definition) is 2. The first-order chi connectivity index (χ1) is 6.33. The monoisotopic (exact) mass is 183 g/mol. The van der Waals surface area contributed by atoms with E-state index in [2.05, 4.69) is 0 Å². The third-order valence-electron chi connectivity index (χ3n) is 3.35. The van der Waals surface area contributed by atoms with Crippen LogP contribution in [0.15, 0.2) is 0 Å². The number of likely N-dealkylation sites (tertiary alicyclic amines) is 1. The van der Waals surface area contributed by atoms with Crippen LogP contribution in [0.2, 0.25) is 0 Å². The van der Waals surface area contributed by atoms with E-state index < -0.39 is 0 Å². The number of carbonyl (C=O) groups is 1. The quantitative estimate of drug-likeness (QED) is 0.640. The van der Waals surface area contributed by atoms with Crippen LogP contribution in [0.3, 0.4) is 0 Å². The highest BCUT2D eigenvalue weighted by molar-refractivity contribution is 5.78. The Kier molecular flexibility index (Phi) is 2.54. The van der Waals surface area contributed by atoms with E-state index in [1.54, 1.807) is 7.11 Å². The number of hydrogen-bond donors (Lipinski definition) is 0. The van der Waals surface area contributed by atoms with Gasteiger partial charge >= 0.3 is 0 Å². The highest BCUT2D eigenvalue weighted by Gasteiger charge is 2.39. The number of ether oxygens (including phenoxy) is 1. The second-order valence-corrected chi connectivity index (χ2v) is 4.07. The maximum absolute atomic E-state index is 11.6. The van der Waals surface area contributed by atoms with Gasteiger partial charge in [0, 0.05) is 19.7 Å². The van der Waals surface area contributed by atoms with Gasteiger partial charge in [-0.2, -0.15) is 0 Å². The van der Waals surface area contributed by atoms with Gasteiger partial charge in [-0.1, -0.05) is 6.42 Å². The van der Waals surface area contributed by atoms with Crippen molar-refractivity contribution in [3.05, 3.63) is 0 Å². The van der Waals surface area contributed by atoms with E-state index in [1.165, 1.54) is 25.7 Å². The lowest BCUT2D eigenvalue weighted by Crippen LogP contribution is -2.38. The van der Waals surface area contributed by atoms with Crippen molar-refractivity contribution in [1.82, 2.24) is 4.90 Å². The lowest BCUT2D eigenvalue weighted by molar-refractivity contribution is -0.136. The summed E-state index contributed by atoms with van der Waals surface area (Å²) in [6, 6.07) is 0.544. The Hall–Kier alpha value is -0.570. The molecule has 0 radical (unpaired) electrons. The molecule has 1 aliphatic carbocycles. The topological polar surface area (TPSA) is 29.5 Å². The van der Waals surface area contributed by atoms with Crippen LogP contribution in [0, 0.1) is 5.92 Å². The Morgan fingerprint density at radius 3 is 3.08 bits per heavy atom. The van der Waals surface area contributed by atoms with Gasteiger partial charge in [-0.15, -0.1) is 0 Å². The van der Waals surface area contributed by atoms with Crippen molar-refractivity contribution in [1.29, 1.82) is 0 Å². The molecule has 0 aromatic carbocycles. The van der Waals surface area contributed by atoms with Gasteiger partial charge in [-0.25, -0.2) is 0 Å². The average molecular weight is 183 g/mol. The van der Waals surface area contributed by atoms with Gasteiger partial charge in [0.2, 0.25) is 5.91 Å². The Balaban J connectivity index is 1.96. The van der Waals surface area contributed by atoms with Crippen molar-refractivity contribution >= 4 is 5.91 Å². The fourth-order valence-electron chi connectivity index (χ4n) is 2.75. The minimum atomic E-state index is 0.178. The molecule has 0 spiro atoms. The van der Waals surface area contributed by atoms with E-state index in [4.69, 9.17) is 4.74 Å². The molecular formula is C10H17NO2. The molecule has 3 nitrogen and oxygen atoms in total. The molecule has 2 rings (SSSR count). The van der Waals surface area contributed by atoms with Crippen LogP contribution in [0.25, 0.3) is 0 Å². The molecule has 0 aromatic heterocycles. The summed E-state index contributed by atoms with van der Waals surface area (Å²) in [6.07, 6.45) is 5.04. The van der Waals surface area contributed by atoms with Gasteiger partial charge < -0.3 is 9.64 Å². The Morgan fingerprint density at radius 2 is 2.31 bits per heavy atom. The number of carbonyl (C=O) groups excluding carboxylic acids is 1. The molecule has 2 fully saturated rings. The molecule has 2 atom stereocenters. The molecule has 0 bridgehead atoms. The van der Waals surface area contributed by atoms with Gasteiger partial charge in [0.05, 0.1) is 0 Å². The van der Waals surface area contributed by atoms with Crippen LogP contribution in [0.5, 0.6) is 0 Å². The van der Waals surface area contributed by atoms with Crippen LogP contribution in [0.4, 0.5) is 0 Å². The molecule has 1 heterocycles. The second-order valence-electron chi connectivity index (χ2n) is 4.07. The van der Waals surface area contributed by atoms with Crippen molar-refractivity contribution in [3.63, 3.8) is 0 Å². The second kappa shape index (κ2) is 3.66. The minimum absolute atomic E-state index is 0.178. The molecule has 2 unspecified atom stereocenters. The lowest BCUT2D eigenvalue weighted by atomic mass is 10.0. The molecule has 2 aliphatic rings. The standard InChI is InChI=1S/C10H17NO2/c1-13-7-10(12)11-6-5-8-3-2-4-9(8)11/h8-9H,2-7H2,1H3. The first-order valence-corrected chi connectivity index (χ1v) is 5.11. The summed E-state index contributed by atoms with van der Waals surface area (Å²) in [4.78, 5) is 13.6. The Morgan fingerprint density at radius 1 is 1.46 bits per heavy atom. The number of amides is 1. The van der Waals surface area contributed by atoms with Gasteiger partial charge in [-0.05, 0) is 25.2 Å². The zero-order valence-electron chi connectivity index (χ0n) is 8.16. The van der Waals surface area contributed by atoms with E-state index >= 15 is 0 Å². The molecule has 74 valence electrons. The van der Waals surface area contributed by atoms with Gasteiger partial charge in [0.25, 0.3) is 0 Å².